The third kappa shape index (κ3) is 2.61. The number of ether oxygens (including phenoxy) is 2. The topological polar surface area (TPSA) is 30.5 Å². The summed E-state index contributed by atoms with van der Waals surface area (Å²) in [5.41, 5.74) is 3.65. The summed E-state index contributed by atoms with van der Waals surface area (Å²) < 4.78 is 11.1. The summed E-state index contributed by atoms with van der Waals surface area (Å²) >= 11 is 0. The van der Waals surface area contributed by atoms with E-state index in [1.54, 1.807) is 7.11 Å². The number of benzene rings is 1. The van der Waals surface area contributed by atoms with E-state index in [0.717, 1.165) is 12.4 Å². The number of nitrogens with one attached hydrogen (secondary N) is 1. The first-order valence-corrected chi connectivity index (χ1v) is 6.10. The number of methoxy groups -OCH3 is 1. The van der Waals surface area contributed by atoms with Crippen LogP contribution < -0.4 is 10.1 Å². The summed E-state index contributed by atoms with van der Waals surface area (Å²) in [6.07, 6.45) is 0. The SMILES string of the molecule is COc1c(C)cc(C)cc1C1COCC(C)N1. The van der Waals surface area contributed by atoms with Gasteiger partial charge in [0, 0.05) is 11.6 Å². The van der Waals surface area contributed by atoms with Crippen molar-refractivity contribution < 1.29 is 9.47 Å². The van der Waals surface area contributed by atoms with Crippen LogP contribution in [0.2, 0.25) is 0 Å². The molecule has 0 spiro atoms. The Hall–Kier alpha value is -1.06. The molecule has 1 N–H and O–H groups in total. The van der Waals surface area contributed by atoms with E-state index in [1.165, 1.54) is 16.7 Å². The molecule has 1 aliphatic rings. The fourth-order valence-corrected chi connectivity index (χ4v) is 2.51. The largest absolute Gasteiger partial charge is 0.496 e. The van der Waals surface area contributed by atoms with Gasteiger partial charge in [-0.15, -0.1) is 0 Å². The number of morpholine rings is 1. The van der Waals surface area contributed by atoms with Crippen LogP contribution in [0.4, 0.5) is 0 Å². The minimum atomic E-state index is 0.229. The maximum Gasteiger partial charge on any atom is 0.126 e. The van der Waals surface area contributed by atoms with E-state index in [0.29, 0.717) is 12.6 Å². The summed E-state index contributed by atoms with van der Waals surface area (Å²) in [6.45, 7) is 7.83. The molecule has 2 unspecified atom stereocenters. The zero-order valence-electron chi connectivity index (χ0n) is 11.0. The van der Waals surface area contributed by atoms with Gasteiger partial charge in [0.05, 0.1) is 26.4 Å². The minimum absolute atomic E-state index is 0.229. The van der Waals surface area contributed by atoms with Crippen molar-refractivity contribution in [1.29, 1.82) is 0 Å². The van der Waals surface area contributed by atoms with E-state index >= 15 is 0 Å². The van der Waals surface area contributed by atoms with Crippen molar-refractivity contribution >= 4 is 0 Å². The van der Waals surface area contributed by atoms with Gasteiger partial charge in [-0.25, -0.2) is 0 Å². The molecule has 3 nitrogen and oxygen atoms in total. The van der Waals surface area contributed by atoms with E-state index in [2.05, 4.69) is 38.2 Å². The third-order valence-electron chi connectivity index (χ3n) is 3.17. The number of aryl methyl sites for hydroxylation is 2. The summed E-state index contributed by atoms with van der Waals surface area (Å²) in [5.74, 6) is 0.978. The quantitative estimate of drug-likeness (QED) is 0.853. The first-order valence-electron chi connectivity index (χ1n) is 6.10. The Kier molecular flexibility index (Phi) is 3.69. The van der Waals surface area contributed by atoms with Crippen molar-refractivity contribution in [2.45, 2.75) is 32.9 Å². The standard InChI is InChI=1S/C14H21NO2/c1-9-5-10(2)14(16-4)12(6-9)13-8-17-7-11(3)15-13/h5-6,11,13,15H,7-8H2,1-4H3. The van der Waals surface area contributed by atoms with Gasteiger partial charge in [0.1, 0.15) is 5.75 Å². The predicted octanol–water partition coefficient (Wildman–Crippen LogP) is 2.36. The first kappa shape index (κ1) is 12.4. The van der Waals surface area contributed by atoms with Crippen molar-refractivity contribution in [1.82, 2.24) is 5.32 Å². The Bertz CT molecular complexity index is 403. The lowest BCUT2D eigenvalue weighted by molar-refractivity contribution is 0.0496. The van der Waals surface area contributed by atoms with Gasteiger partial charge in [0.2, 0.25) is 0 Å². The number of hydrogen-bond acceptors (Lipinski definition) is 3. The van der Waals surface area contributed by atoms with Crippen LogP contribution in [0, 0.1) is 13.8 Å². The third-order valence-corrected chi connectivity index (χ3v) is 3.17. The second-order valence-corrected chi connectivity index (χ2v) is 4.86. The normalized spacial score (nSPS) is 24.7. The van der Waals surface area contributed by atoms with Gasteiger partial charge in [0.25, 0.3) is 0 Å². The second kappa shape index (κ2) is 5.07. The molecular formula is C14H21NO2. The first-order chi connectivity index (χ1) is 8.11. The molecule has 1 fully saturated rings. The number of rotatable bonds is 2. The highest BCUT2D eigenvalue weighted by molar-refractivity contribution is 5.45. The average molecular weight is 235 g/mol. The highest BCUT2D eigenvalue weighted by Crippen LogP contribution is 2.31. The van der Waals surface area contributed by atoms with Crippen LogP contribution >= 0.6 is 0 Å². The van der Waals surface area contributed by atoms with Crippen molar-refractivity contribution in [2.75, 3.05) is 20.3 Å². The molecule has 3 heteroatoms. The van der Waals surface area contributed by atoms with Crippen LogP contribution in [0.15, 0.2) is 12.1 Å². The Morgan fingerprint density at radius 3 is 2.71 bits per heavy atom. The molecule has 0 saturated carbocycles. The van der Waals surface area contributed by atoms with Crippen molar-refractivity contribution in [3.63, 3.8) is 0 Å². The smallest absolute Gasteiger partial charge is 0.126 e. The zero-order chi connectivity index (χ0) is 12.4. The average Bonchev–Trinajstić information content (AvgIpc) is 2.28. The van der Waals surface area contributed by atoms with Crippen LogP contribution in [-0.4, -0.2) is 26.4 Å². The highest BCUT2D eigenvalue weighted by atomic mass is 16.5. The molecular weight excluding hydrogens is 214 g/mol. The van der Waals surface area contributed by atoms with Gasteiger partial charge in [-0.05, 0) is 26.3 Å². The molecule has 0 aromatic heterocycles. The van der Waals surface area contributed by atoms with Crippen molar-refractivity contribution in [2.24, 2.45) is 0 Å². The summed E-state index contributed by atoms with van der Waals surface area (Å²) in [4.78, 5) is 0. The molecule has 1 saturated heterocycles. The lowest BCUT2D eigenvalue weighted by Gasteiger charge is -2.30. The second-order valence-electron chi connectivity index (χ2n) is 4.86. The Morgan fingerprint density at radius 1 is 1.29 bits per heavy atom. The number of hydrogen-bond donors (Lipinski definition) is 1. The molecule has 0 radical (unpaired) electrons. The van der Waals surface area contributed by atoms with Crippen LogP contribution in [-0.2, 0) is 4.74 Å². The molecule has 17 heavy (non-hydrogen) atoms. The van der Waals surface area contributed by atoms with Crippen LogP contribution in [0.25, 0.3) is 0 Å². The van der Waals surface area contributed by atoms with E-state index in [4.69, 9.17) is 9.47 Å². The van der Waals surface area contributed by atoms with Crippen molar-refractivity contribution in [3.05, 3.63) is 28.8 Å². The fourth-order valence-electron chi connectivity index (χ4n) is 2.51. The maximum atomic E-state index is 5.61. The molecule has 1 aliphatic heterocycles. The van der Waals surface area contributed by atoms with Gasteiger partial charge in [-0.1, -0.05) is 17.7 Å². The van der Waals surface area contributed by atoms with E-state index in [9.17, 15) is 0 Å². The molecule has 1 aromatic carbocycles. The molecule has 94 valence electrons. The lowest BCUT2D eigenvalue weighted by atomic mass is 9.98. The van der Waals surface area contributed by atoms with Gasteiger partial charge in [0.15, 0.2) is 0 Å². The Morgan fingerprint density at radius 2 is 2.06 bits per heavy atom. The van der Waals surface area contributed by atoms with E-state index in [-0.39, 0.29) is 6.04 Å². The lowest BCUT2D eigenvalue weighted by Crippen LogP contribution is -2.41. The molecule has 2 atom stereocenters. The van der Waals surface area contributed by atoms with Crippen LogP contribution in [0.3, 0.4) is 0 Å². The van der Waals surface area contributed by atoms with Gasteiger partial charge >= 0.3 is 0 Å². The molecule has 0 aliphatic carbocycles. The maximum absolute atomic E-state index is 5.61. The molecule has 1 aromatic rings. The van der Waals surface area contributed by atoms with E-state index < -0.39 is 0 Å². The molecule has 0 bridgehead atoms. The van der Waals surface area contributed by atoms with Crippen molar-refractivity contribution in [3.8, 4) is 5.75 Å². The molecule has 1 heterocycles. The van der Waals surface area contributed by atoms with Gasteiger partial charge < -0.3 is 14.8 Å². The minimum Gasteiger partial charge on any atom is -0.496 e. The summed E-state index contributed by atoms with van der Waals surface area (Å²) in [5, 5.41) is 3.56. The summed E-state index contributed by atoms with van der Waals surface area (Å²) in [7, 11) is 1.73. The Balaban J connectivity index is 2.35. The molecule has 0 amide bonds. The zero-order valence-corrected chi connectivity index (χ0v) is 11.0. The van der Waals surface area contributed by atoms with Crippen LogP contribution in [0.5, 0.6) is 5.75 Å². The predicted molar refractivity (Wildman–Crippen MR) is 68.6 cm³/mol. The fraction of sp³-hybridized carbons (Fsp3) is 0.571. The van der Waals surface area contributed by atoms with E-state index in [1.807, 2.05) is 0 Å². The van der Waals surface area contributed by atoms with Gasteiger partial charge in [-0.2, -0.15) is 0 Å². The molecule has 2 rings (SSSR count). The highest BCUT2D eigenvalue weighted by Gasteiger charge is 2.23. The summed E-state index contributed by atoms with van der Waals surface area (Å²) in [6, 6.07) is 4.95. The monoisotopic (exact) mass is 235 g/mol. The van der Waals surface area contributed by atoms with Gasteiger partial charge in [-0.3, -0.25) is 0 Å². The van der Waals surface area contributed by atoms with Crippen LogP contribution in [0.1, 0.15) is 29.7 Å². The Labute approximate surface area is 103 Å².